The van der Waals surface area contributed by atoms with E-state index in [2.05, 4.69) is 17.1 Å². The SMILES string of the molecule is O=C1CCc2c(-c3ccccc3)[nH]c3ccc(Cl)c1c23. The molecule has 2 aromatic carbocycles. The van der Waals surface area contributed by atoms with Crippen molar-refractivity contribution >= 4 is 28.3 Å². The van der Waals surface area contributed by atoms with Crippen LogP contribution in [0.4, 0.5) is 0 Å². The van der Waals surface area contributed by atoms with Crippen LogP contribution in [0.15, 0.2) is 42.5 Å². The summed E-state index contributed by atoms with van der Waals surface area (Å²) in [6.45, 7) is 0. The number of carbonyl (C=O) groups excluding carboxylic acids is 1. The minimum atomic E-state index is 0.145. The van der Waals surface area contributed by atoms with Gasteiger partial charge in [-0.15, -0.1) is 0 Å². The van der Waals surface area contributed by atoms with Gasteiger partial charge in [0, 0.05) is 28.6 Å². The van der Waals surface area contributed by atoms with E-state index in [-0.39, 0.29) is 5.78 Å². The van der Waals surface area contributed by atoms with Gasteiger partial charge in [0.15, 0.2) is 5.78 Å². The van der Waals surface area contributed by atoms with Gasteiger partial charge in [0.2, 0.25) is 0 Å². The van der Waals surface area contributed by atoms with Crippen molar-refractivity contribution in [1.29, 1.82) is 0 Å². The molecule has 1 heterocycles. The van der Waals surface area contributed by atoms with Crippen LogP contribution in [0.1, 0.15) is 22.3 Å². The van der Waals surface area contributed by atoms with Crippen molar-refractivity contribution in [2.45, 2.75) is 12.8 Å². The third-order valence-electron chi connectivity index (χ3n) is 3.96. The van der Waals surface area contributed by atoms with Crippen LogP contribution in [-0.2, 0) is 6.42 Å². The summed E-state index contributed by atoms with van der Waals surface area (Å²) in [6, 6.07) is 14.0. The summed E-state index contributed by atoms with van der Waals surface area (Å²) in [5.41, 5.74) is 5.14. The Morgan fingerprint density at radius 3 is 2.60 bits per heavy atom. The normalized spacial score (nSPS) is 13.9. The molecular weight excluding hydrogens is 270 g/mol. The van der Waals surface area contributed by atoms with Gasteiger partial charge in [0.25, 0.3) is 0 Å². The molecule has 1 aromatic heterocycles. The van der Waals surface area contributed by atoms with Crippen LogP contribution in [0, 0.1) is 0 Å². The second-order valence-corrected chi connectivity index (χ2v) is 5.52. The van der Waals surface area contributed by atoms with E-state index in [9.17, 15) is 4.79 Å². The van der Waals surface area contributed by atoms with Gasteiger partial charge in [0.1, 0.15) is 0 Å². The van der Waals surface area contributed by atoms with Gasteiger partial charge in [-0.25, -0.2) is 0 Å². The molecule has 0 saturated heterocycles. The fourth-order valence-electron chi connectivity index (χ4n) is 3.07. The summed E-state index contributed by atoms with van der Waals surface area (Å²) in [5, 5.41) is 1.56. The highest BCUT2D eigenvalue weighted by Gasteiger charge is 2.26. The number of rotatable bonds is 1. The lowest BCUT2D eigenvalue weighted by molar-refractivity contribution is 0.0982. The van der Waals surface area contributed by atoms with Gasteiger partial charge < -0.3 is 4.98 Å². The Balaban J connectivity index is 2.10. The molecule has 2 nitrogen and oxygen atoms in total. The molecule has 98 valence electrons. The number of nitrogens with one attached hydrogen (secondary N) is 1. The van der Waals surface area contributed by atoms with E-state index in [0.717, 1.165) is 28.6 Å². The summed E-state index contributed by atoms with van der Waals surface area (Å²) in [4.78, 5) is 15.6. The van der Waals surface area contributed by atoms with Crippen LogP contribution in [-0.4, -0.2) is 10.8 Å². The Kier molecular flexibility index (Phi) is 2.48. The number of carbonyl (C=O) groups is 1. The Morgan fingerprint density at radius 2 is 1.80 bits per heavy atom. The molecule has 0 saturated carbocycles. The van der Waals surface area contributed by atoms with Gasteiger partial charge in [0.05, 0.1) is 5.02 Å². The fourth-order valence-corrected chi connectivity index (χ4v) is 3.33. The van der Waals surface area contributed by atoms with Crippen LogP contribution in [0.3, 0.4) is 0 Å². The van der Waals surface area contributed by atoms with Gasteiger partial charge in [-0.05, 0) is 29.7 Å². The molecule has 0 amide bonds. The predicted molar refractivity (Wildman–Crippen MR) is 81.4 cm³/mol. The molecule has 4 rings (SSSR count). The number of benzene rings is 2. The molecule has 0 spiro atoms. The quantitative estimate of drug-likeness (QED) is 0.694. The second-order valence-electron chi connectivity index (χ2n) is 5.11. The highest BCUT2D eigenvalue weighted by atomic mass is 35.5. The molecule has 0 atom stereocenters. The third kappa shape index (κ3) is 1.55. The van der Waals surface area contributed by atoms with E-state index in [1.807, 2.05) is 24.3 Å². The van der Waals surface area contributed by atoms with Crippen molar-refractivity contribution in [2.75, 3.05) is 0 Å². The van der Waals surface area contributed by atoms with Crippen LogP contribution in [0.5, 0.6) is 0 Å². The lowest BCUT2D eigenvalue weighted by Crippen LogP contribution is -2.08. The van der Waals surface area contributed by atoms with E-state index in [1.54, 1.807) is 6.07 Å². The second kappa shape index (κ2) is 4.22. The Bertz CT molecular complexity index is 833. The average Bonchev–Trinajstić information content (AvgIpc) is 2.85. The Hall–Kier alpha value is -2.06. The molecule has 20 heavy (non-hydrogen) atoms. The molecule has 1 aliphatic carbocycles. The maximum Gasteiger partial charge on any atom is 0.165 e. The average molecular weight is 282 g/mol. The molecule has 3 heteroatoms. The number of aryl methyl sites for hydroxylation is 1. The summed E-state index contributed by atoms with van der Waals surface area (Å²) < 4.78 is 0. The van der Waals surface area contributed by atoms with Gasteiger partial charge in [-0.1, -0.05) is 41.9 Å². The first-order valence-corrected chi connectivity index (χ1v) is 7.05. The van der Waals surface area contributed by atoms with E-state index in [0.29, 0.717) is 17.0 Å². The molecule has 0 unspecified atom stereocenters. The Labute approximate surface area is 121 Å². The number of hydrogen-bond acceptors (Lipinski definition) is 1. The molecule has 0 aliphatic heterocycles. The van der Waals surface area contributed by atoms with E-state index in [1.165, 1.54) is 5.56 Å². The number of aromatic nitrogens is 1. The molecule has 3 aromatic rings. The molecule has 1 aliphatic rings. The van der Waals surface area contributed by atoms with Crippen LogP contribution >= 0.6 is 11.6 Å². The van der Waals surface area contributed by atoms with Crippen LogP contribution < -0.4 is 0 Å². The van der Waals surface area contributed by atoms with Crippen molar-refractivity contribution < 1.29 is 4.79 Å². The number of halogens is 1. The maximum absolute atomic E-state index is 12.1. The minimum absolute atomic E-state index is 0.145. The number of H-pyrrole nitrogens is 1. The summed E-state index contributed by atoms with van der Waals surface area (Å²) in [5.74, 6) is 0.145. The maximum atomic E-state index is 12.1. The first-order valence-electron chi connectivity index (χ1n) is 6.67. The van der Waals surface area contributed by atoms with Crippen molar-refractivity contribution in [3.63, 3.8) is 0 Å². The number of hydrogen-bond donors (Lipinski definition) is 1. The number of aromatic amines is 1. The summed E-state index contributed by atoms with van der Waals surface area (Å²) in [7, 11) is 0. The van der Waals surface area contributed by atoms with Gasteiger partial charge >= 0.3 is 0 Å². The van der Waals surface area contributed by atoms with Gasteiger partial charge in [-0.2, -0.15) is 0 Å². The largest absolute Gasteiger partial charge is 0.354 e. The standard InChI is InChI=1S/C17H12ClNO/c18-12-7-8-13-15-11(6-9-14(20)16(12)15)17(19-13)10-4-2-1-3-5-10/h1-5,7-8,19H,6,9H2. The van der Waals surface area contributed by atoms with E-state index < -0.39 is 0 Å². The fraction of sp³-hybridized carbons (Fsp3) is 0.118. The van der Waals surface area contributed by atoms with Crippen molar-refractivity contribution in [3.8, 4) is 11.3 Å². The topological polar surface area (TPSA) is 32.9 Å². The lowest BCUT2D eigenvalue weighted by Gasteiger charge is -2.13. The highest BCUT2D eigenvalue weighted by molar-refractivity contribution is 6.36. The zero-order valence-corrected chi connectivity index (χ0v) is 11.5. The van der Waals surface area contributed by atoms with E-state index >= 15 is 0 Å². The summed E-state index contributed by atoms with van der Waals surface area (Å²) in [6.07, 6.45) is 1.31. The molecule has 1 N–H and O–H groups in total. The van der Waals surface area contributed by atoms with Crippen molar-refractivity contribution in [1.82, 2.24) is 4.98 Å². The van der Waals surface area contributed by atoms with E-state index in [4.69, 9.17) is 11.6 Å². The number of ketones is 1. The number of Topliss-reactive ketones (excluding diaryl/α,β-unsaturated/α-hetero) is 1. The molecule has 0 radical (unpaired) electrons. The monoisotopic (exact) mass is 281 g/mol. The zero-order valence-electron chi connectivity index (χ0n) is 10.7. The molecule has 0 bridgehead atoms. The molecule has 0 fully saturated rings. The third-order valence-corrected chi connectivity index (χ3v) is 4.28. The smallest absolute Gasteiger partial charge is 0.165 e. The Morgan fingerprint density at radius 1 is 1.00 bits per heavy atom. The van der Waals surface area contributed by atoms with Crippen LogP contribution in [0.2, 0.25) is 5.02 Å². The first-order chi connectivity index (χ1) is 9.75. The summed E-state index contributed by atoms with van der Waals surface area (Å²) >= 11 is 6.22. The minimum Gasteiger partial charge on any atom is -0.354 e. The van der Waals surface area contributed by atoms with Crippen molar-refractivity contribution in [2.24, 2.45) is 0 Å². The molecular formula is C17H12ClNO. The predicted octanol–water partition coefficient (Wildman–Crippen LogP) is 4.62. The van der Waals surface area contributed by atoms with Crippen molar-refractivity contribution in [3.05, 3.63) is 58.6 Å². The highest BCUT2D eigenvalue weighted by Crippen LogP contribution is 2.39. The van der Waals surface area contributed by atoms with Crippen LogP contribution in [0.25, 0.3) is 22.2 Å². The zero-order chi connectivity index (χ0) is 13.7. The van der Waals surface area contributed by atoms with Gasteiger partial charge in [-0.3, -0.25) is 4.79 Å². The lowest BCUT2D eigenvalue weighted by atomic mass is 9.89. The first kappa shape index (κ1) is 11.7.